The van der Waals surface area contributed by atoms with Crippen LogP contribution in [0.4, 0.5) is 5.82 Å². The van der Waals surface area contributed by atoms with Gasteiger partial charge in [-0.1, -0.05) is 19.6 Å². The number of para-hydroxylation sites is 2. The minimum absolute atomic E-state index is 0. The van der Waals surface area contributed by atoms with Crippen molar-refractivity contribution in [2.24, 2.45) is 0 Å². The highest BCUT2D eigenvalue weighted by molar-refractivity contribution is 5.86. The van der Waals surface area contributed by atoms with Gasteiger partial charge in [0.05, 0.1) is 16.6 Å². The minimum atomic E-state index is 0. The highest BCUT2D eigenvalue weighted by atomic mass is 16.2. The summed E-state index contributed by atoms with van der Waals surface area (Å²) in [4.78, 5) is 23.2. The van der Waals surface area contributed by atoms with Crippen LogP contribution >= 0.6 is 0 Å². The molecule has 30 heavy (non-hydrogen) atoms. The van der Waals surface area contributed by atoms with Crippen LogP contribution in [0.25, 0.3) is 16.7 Å². The Labute approximate surface area is 177 Å². The van der Waals surface area contributed by atoms with Crippen molar-refractivity contribution >= 4 is 28.4 Å². The molecule has 7 heteroatoms. The van der Waals surface area contributed by atoms with Gasteiger partial charge in [0.25, 0.3) is 0 Å². The number of amides is 1. The summed E-state index contributed by atoms with van der Waals surface area (Å²) in [5, 5.41) is 10.0. The average Bonchev–Trinajstić information content (AvgIpc) is 3.11. The molecule has 1 amide bonds. The second kappa shape index (κ2) is 7.62. The maximum absolute atomic E-state index is 11.8. The highest BCUT2D eigenvalue weighted by Gasteiger charge is 2.30. The van der Waals surface area contributed by atoms with E-state index in [4.69, 9.17) is 4.98 Å². The molecule has 0 N–H and O–H groups in total. The molecule has 2 aliphatic heterocycles. The number of carbonyl (C=O) groups is 1. The number of rotatable bonds is 1. The Morgan fingerprint density at radius 2 is 1.83 bits per heavy atom. The van der Waals surface area contributed by atoms with Gasteiger partial charge in [0, 0.05) is 51.8 Å². The monoisotopic (exact) mass is 404 g/mol. The van der Waals surface area contributed by atoms with Crippen molar-refractivity contribution < 1.29 is 4.79 Å². The molecular formula is C23H28N6O. The SMILES string of the molecule is C.CC(=O)N1CCN(c2c3c(c(C#N)c4nc5ccccc5n24)CCN(C)C3)CC1. The molecule has 0 radical (unpaired) electrons. The summed E-state index contributed by atoms with van der Waals surface area (Å²) in [6.07, 6.45) is 0.856. The van der Waals surface area contributed by atoms with Gasteiger partial charge in [0.15, 0.2) is 5.65 Å². The van der Waals surface area contributed by atoms with Gasteiger partial charge in [-0.15, -0.1) is 0 Å². The number of hydrogen-bond acceptors (Lipinski definition) is 5. The lowest BCUT2D eigenvalue weighted by atomic mass is 9.95. The van der Waals surface area contributed by atoms with Crippen LogP contribution in [0.15, 0.2) is 24.3 Å². The van der Waals surface area contributed by atoms with Crippen LogP contribution < -0.4 is 4.90 Å². The molecule has 4 heterocycles. The van der Waals surface area contributed by atoms with Crippen molar-refractivity contribution in [3.8, 4) is 6.07 Å². The molecule has 0 unspecified atom stereocenters. The number of fused-ring (bicyclic) bond motifs is 4. The van der Waals surface area contributed by atoms with Gasteiger partial charge < -0.3 is 14.7 Å². The second-order valence-corrected chi connectivity index (χ2v) is 8.01. The molecule has 0 saturated carbocycles. The van der Waals surface area contributed by atoms with E-state index >= 15 is 0 Å². The Morgan fingerprint density at radius 3 is 2.53 bits per heavy atom. The maximum atomic E-state index is 11.8. The van der Waals surface area contributed by atoms with Crippen LogP contribution in [0.1, 0.15) is 31.0 Å². The van der Waals surface area contributed by atoms with Crippen LogP contribution in [0.2, 0.25) is 0 Å². The molecule has 2 aliphatic rings. The van der Waals surface area contributed by atoms with E-state index in [1.54, 1.807) is 6.92 Å². The first-order valence-electron chi connectivity index (χ1n) is 10.1. The first-order chi connectivity index (χ1) is 14.1. The fraction of sp³-hybridized carbons (Fsp3) is 0.435. The number of piperazine rings is 1. The van der Waals surface area contributed by atoms with E-state index in [9.17, 15) is 10.1 Å². The number of anilines is 1. The Morgan fingerprint density at radius 1 is 1.10 bits per heavy atom. The zero-order valence-corrected chi connectivity index (χ0v) is 16.9. The first-order valence-corrected chi connectivity index (χ1v) is 10.1. The number of aromatic nitrogens is 2. The van der Waals surface area contributed by atoms with E-state index in [2.05, 4.69) is 33.4 Å². The lowest BCUT2D eigenvalue weighted by molar-refractivity contribution is -0.129. The lowest BCUT2D eigenvalue weighted by Gasteiger charge is -2.39. The Kier molecular flexibility index (Phi) is 5.12. The predicted octanol–water partition coefficient (Wildman–Crippen LogP) is 2.65. The molecule has 0 bridgehead atoms. The molecule has 1 fully saturated rings. The zero-order chi connectivity index (χ0) is 20.1. The normalized spacial score (nSPS) is 17.0. The number of likely N-dealkylation sites (N-methyl/N-ethyl adjacent to an activating group) is 1. The summed E-state index contributed by atoms with van der Waals surface area (Å²) in [5.74, 6) is 1.27. The molecule has 156 valence electrons. The van der Waals surface area contributed by atoms with Gasteiger partial charge >= 0.3 is 0 Å². The van der Waals surface area contributed by atoms with Crippen LogP contribution in [0, 0.1) is 11.3 Å². The van der Waals surface area contributed by atoms with E-state index < -0.39 is 0 Å². The summed E-state index contributed by atoms with van der Waals surface area (Å²) >= 11 is 0. The molecule has 0 spiro atoms. The summed E-state index contributed by atoms with van der Waals surface area (Å²) in [6.45, 7) is 6.38. The minimum Gasteiger partial charge on any atom is -0.354 e. The second-order valence-electron chi connectivity index (χ2n) is 8.01. The van der Waals surface area contributed by atoms with Crippen LogP contribution in [0.3, 0.4) is 0 Å². The van der Waals surface area contributed by atoms with Crippen molar-refractivity contribution in [1.29, 1.82) is 5.26 Å². The molecule has 2 aromatic heterocycles. The maximum Gasteiger partial charge on any atom is 0.219 e. The third-order valence-corrected chi connectivity index (χ3v) is 6.24. The fourth-order valence-electron chi connectivity index (χ4n) is 4.74. The van der Waals surface area contributed by atoms with E-state index in [-0.39, 0.29) is 13.3 Å². The van der Waals surface area contributed by atoms with E-state index in [1.807, 2.05) is 23.1 Å². The van der Waals surface area contributed by atoms with Crippen molar-refractivity contribution in [1.82, 2.24) is 19.2 Å². The number of benzene rings is 1. The topological polar surface area (TPSA) is 67.9 Å². The third kappa shape index (κ3) is 2.99. The summed E-state index contributed by atoms with van der Waals surface area (Å²) in [6, 6.07) is 10.5. The van der Waals surface area contributed by atoms with Gasteiger partial charge in [-0.25, -0.2) is 4.98 Å². The van der Waals surface area contributed by atoms with Gasteiger partial charge in [-0.3, -0.25) is 9.20 Å². The predicted molar refractivity (Wildman–Crippen MR) is 119 cm³/mol. The number of carbonyl (C=O) groups excluding carboxylic acids is 1. The number of pyridine rings is 1. The molecule has 3 aromatic rings. The number of nitriles is 1. The molecule has 1 aromatic carbocycles. The third-order valence-electron chi connectivity index (χ3n) is 6.24. The molecule has 0 atom stereocenters. The Balaban J connectivity index is 0.00000218. The van der Waals surface area contributed by atoms with Crippen molar-refractivity contribution in [3.63, 3.8) is 0 Å². The van der Waals surface area contributed by atoms with E-state index in [0.29, 0.717) is 18.7 Å². The summed E-state index contributed by atoms with van der Waals surface area (Å²) < 4.78 is 2.18. The highest BCUT2D eigenvalue weighted by Crippen LogP contribution is 2.36. The standard InChI is InChI=1S/C22H24N6O.CH4/c1-15(29)26-9-11-27(12-10-26)22-18-14-25(2)8-7-16(18)17(13-23)21-24-19-5-3-4-6-20(19)28(21)22;/h3-6H,7-12,14H2,1-2H3;1H4. The quantitative estimate of drug-likeness (QED) is 0.624. The van der Waals surface area contributed by atoms with E-state index in [1.165, 1.54) is 5.56 Å². The molecule has 0 aliphatic carbocycles. The number of nitrogens with zero attached hydrogens (tertiary/aromatic N) is 6. The smallest absolute Gasteiger partial charge is 0.219 e. The van der Waals surface area contributed by atoms with Crippen LogP contribution in [-0.4, -0.2) is 64.9 Å². The summed E-state index contributed by atoms with van der Waals surface area (Å²) in [7, 11) is 2.13. The first kappa shape index (κ1) is 20.2. The Bertz CT molecular complexity index is 1170. The largest absolute Gasteiger partial charge is 0.354 e. The summed E-state index contributed by atoms with van der Waals surface area (Å²) in [5.41, 5.74) is 5.75. The van der Waals surface area contributed by atoms with Crippen LogP contribution in [0.5, 0.6) is 0 Å². The zero-order valence-electron chi connectivity index (χ0n) is 16.9. The van der Waals surface area contributed by atoms with Gasteiger partial charge in [-0.2, -0.15) is 5.26 Å². The molecule has 1 saturated heterocycles. The van der Waals surface area contributed by atoms with Crippen molar-refractivity contribution in [2.75, 3.05) is 44.7 Å². The number of hydrogen-bond donors (Lipinski definition) is 0. The van der Waals surface area contributed by atoms with Gasteiger partial charge in [0.2, 0.25) is 5.91 Å². The molecule has 5 rings (SSSR count). The molecular weight excluding hydrogens is 376 g/mol. The van der Waals surface area contributed by atoms with E-state index in [0.717, 1.165) is 60.7 Å². The average molecular weight is 405 g/mol. The van der Waals surface area contributed by atoms with Gasteiger partial charge in [0.1, 0.15) is 11.9 Å². The van der Waals surface area contributed by atoms with Crippen molar-refractivity contribution in [2.45, 2.75) is 27.3 Å². The number of imidazole rings is 1. The van der Waals surface area contributed by atoms with Crippen molar-refractivity contribution in [3.05, 3.63) is 41.0 Å². The Hall–Kier alpha value is -3.11. The molecule has 7 nitrogen and oxygen atoms in total. The lowest BCUT2D eigenvalue weighted by Crippen LogP contribution is -2.49. The van der Waals surface area contributed by atoms with Gasteiger partial charge in [-0.05, 0) is 31.2 Å². The van der Waals surface area contributed by atoms with Crippen LogP contribution in [-0.2, 0) is 17.8 Å². The fourth-order valence-corrected chi connectivity index (χ4v) is 4.74.